The highest BCUT2D eigenvalue weighted by atomic mass is 19.1. The summed E-state index contributed by atoms with van der Waals surface area (Å²) in [7, 11) is 0. The zero-order valence-corrected chi connectivity index (χ0v) is 17.1. The summed E-state index contributed by atoms with van der Waals surface area (Å²) in [6, 6.07) is 0.327. The highest BCUT2D eigenvalue weighted by molar-refractivity contribution is 5.18. The Morgan fingerprint density at radius 1 is 0.690 bits per heavy atom. The third-order valence-electron chi connectivity index (χ3n) is 9.27. The molecule has 8 saturated carbocycles. The van der Waals surface area contributed by atoms with E-state index in [-0.39, 0.29) is 17.1 Å². The quantitative estimate of drug-likeness (QED) is 0.689. The topological polar surface area (TPSA) is 44.2 Å². The smallest absolute Gasteiger partial charge is 0.320 e. The first kappa shape index (κ1) is 17.3. The van der Waals surface area contributed by atoms with Crippen LogP contribution in [0.1, 0.15) is 77.0 Å². The molecule has 4 nitrogen and oxygen atoms in total. The van der Waals surface area contributed by atoms with Gasteiger partial charge in [-0.1, -0.05) is 0 Å². The molecule has 0 spiro atoms. The van der Waals surface area contributed by atoms with E-state index in [1.807, 2.05) is 0 Å². The second-order valence-electron chi connectivity index (χ2n) is 11.7. The van der Waals surface area contributed by atoms with Gasteiger partial charge < -0.3 is 9.47 Å². The first-order valence-corrected chi connectivity index (χ1v) is 11.9. The molecule has 29 heavy (non-hydrogen) atoms. The van der Waals surface area contributed by atoms with Crippen LogP contribution >= 0.6 is 0 Å². The van der Waals surface area contributed by atoms with Crippen LogP contribution < -0.4 is 9.47 Å². The summed E-state index contributed by atoms with van der Waals surface area (Å²) >= 11 is 0. The Bertz CT molecular complexity index is 770. The standard InChI is InChI=1S/C24H31FN2O2/c25-20-13-26-22(29-24-10-17-4-18(11-24)6-19(5-17)12-24)27-21(20)28-23-7-14-1-15(8-23)3-16(2-14)9-23/h13-19H,1-12H2. The molecule has 156 valence electrons. The van der Waals surface area contributed by atoms with Gasteiger partial charge in [-0.2, -0.15) is 9.37 Å². The van der Waals surface area contributed by atoms with E-state index in [0.717, 1.165) is 74.0 Å². The number of aromatic nitrogens is 2. The second kappa shape index (κ2) is 5.85. The Labute approximate surface area is 172 Å². The Hall–Kier alpha value is -1.39. The van der Waals surface area contributed by atoms with Gasteiger partial charge in [-0.25, -0.2) is 4.98 Å². The van der Waals surface area contributed by atoms with Crippen LogP contribution in [-0.4, -0.2) is 21.2 Å². The minimum Gasteiger partial charge on any atom is -0.469 e. The zero-order chi connectivity index (χ0) is 19.2. The Morgan fingerprint density at radius 3 is 1.55 bits per heavy atom. The summed E-state index contributed by atoms with van der Waals surface area (Å²) in [6.07, 6.45) is 15.9. The molecule has 0 aromatic carbocycles. The molecular formula is C24H31FN2O2. The minimum absolute atomic E-state index is 0.121. The summed E-state index contributed by atoms with van der Waals surface area (Å²) in [4.78, 5) is 8.71. The Morgan fingerprint density at radius 2 is 1.10 bits per heavy atom. The van der Waals surface area contributed by atoms with Crippen LogP contribution in [0.5, 0.6) is 11.9 Å². The molecule has 0 unspecified atom stereocenters. The Balaban J connectivity index is 1.14. The average molecular weight is 399 g/mol. The third kappa shape index (κ3) is 2.82. The van der Waals surface area contributed by atoms with E-state index in [1.54, 1.807) is 0 Å². The molecular weight excluding hydrogens is 367 g/mol. The fourth-order valence-electron chi connectivity index (χ4n) is 9.17. The van der Waals surface area contributed by atoms with E-state index in [2.05, 4.69) is 9.97 Å². The van der Waals surface area contributed by atoms with Crippen molar-refractivity contribution in [2.45, 2.75) is 88.3 Å². The fraction of sp³-hybridized carbons (Fsp3) is 0.833. The summed E-state index contributed by atoms with van der Waals surface area (Å²) in [5.74, 6) is 4.34. The van der Waals surface area contributed by atoms with Crippen LogP contribution in [0.4, 0.5) is 4.39 Å². The second-order valence-corrected chi connectivity index (χ2v) is 11.7. The molecule has 9 rings (SSSR count). The maximum absolute atomic E-state index is 14.6. The maximum atomic E-state index is 14.6. The van der Waals surface area contributed by atoms with Crippen molar-refractivity contribution in [1.29, 1.82) is 0 Å². The van der Waals surface area contributed by atoms with E-state index in [9.17, 15) is 4.39 Å². The summed E-state index contributed by atoms with van der Waals surface area (Å²) in [5.41, 5.74) is -0.327. The first-order chi connectivity index (χ1) is 14.0. The van der Waals surface area contributed by atoms with Gasteiger partial charge in [-0.3, -0.25) is 0 Å². The van der Waals surface area contributed by atoms with Crippen molar-refractivity contribution in [1.82, 2.24) is 9.97 Å². The lowest BCUT2D eigenvalue weighted by atomic mass is 9.54. The van der Waals surface area contributed by atoms with Crippen molar-refractivity contribution in [3.63, 3.8) is 0 Å². The molecule has 8 fully saturated rings. The van der Waals surface area contributed by atoms with E-state index in [4.69, 9.17) is 9.47 Å². The van der Waals surface area contributed by atoms with Gasteiger partial charge >= 0.3 is 6.01 Å². The minimum atomic E-state index is -0.446. The molecule has 8 aliphatic rings. The number of rotatable bonds is 4. The van der Waals surface area contributed by atoms with E-state index < -0.39 is 5.82 Å². The van der Waals surface area contributed by atoms with Crippen LogP contribution in [0.2, 0.25) is 0 Å². The van der Waals surface area contributed by atoms with Crippen LogP contribution in [0, 0.1) is 41.3 Å². The van der Waals surface area contributed by atoms with Crippen molar-refractivity contribution in [2.75, 3.05) is 0 Å². The number of ether oxygens (including phenoxy) is 2. The van der Waals surface area contributed by atoms with Crippen LogP contribution in [-0.2, 0) is 0 Å². The van der Waals surface area contributed by atoms with Gasteiger partial charge in [0, 0.05) is 0 Å². The fourth-order valence-corrected chi connectivity index (χ4v) is 9.17. The Kier molecular flexibility index (Phi) is 3.49. The molecule has 1 heterocycles. The van der Waals surface area contributed by atoms with Gasteiger partial charge in [0.25, 0.3) is 5.88 Å². The number of halogens is 1. The normalized spacial score (nSPS) is 48.9. The van der Waals surface area contributed by atoms with Crippen LogP contribution in [0.15, 0.2) is 6.20 Å². The number of nitrogens with zero attached hydrogens (tertiary/aromatic N) is 2. The lowest BCUT2D eigenvalue weighted by Crippen LogP contribution is -2.54. The van der Waals surface area contributed by atoms with E-state index in [0.29, 0.717) is 6.01 Å². The molecule has 5 heteroatoms. The SMILES string of the molecule is Fc1cnc(OC23CC4CC(CC(C4)C2)C3)nc1OC12CC3CC(CC(C3)C1)C2. The predicted molar refractivity (Wildman–Crippen MR) is 105 cm³/mol. The third-order valence-corrected chi connectivity index (χ3v) is 9.27. The van der Waals surface area contributed by atoms with Gasteiger partial charge in [0.2, 0.25) is 5.82 Å². The van der Waals surface area contributed by atoms with Crippen LogP contribution in [0.25, 0.3) is 0 Å². The van der Waals surface area contributed by atoms with Crippen LogP contribution in [0.3, 0.4) is 0 Å². The van der Waals surface area contributed by atoms with Gasteiger partial charge in [-0.05, 0) is 113 Å². The summed E-state index contributed by atoms with van der Waals surface area (Å²) in [6.45, 7) is 0. The maximum Gasteiger partial charge on any atom is 0.320 e. The number of hydrogen-bond donors (Lipinski definition) is 0. The largest absolute Gasteiger partial charge is 0.469 e. The van der Waals surface area contributed by atoms with Gasteiger partial charge in [-0.15, -0.1) is 0 Å². The monoisotopic (exact) mass is 398 g/mol. The van der Waals surface area contributed by atoms with Crippen molar-refractivity contribution in [3.8, 4) is 11.9 Å². The van der Waals surface area contributed by atoms with Gasteiger partial charge in [0.05, 0.1) is 6.20 Å². The molecule has 8 aliphatic carbocycles. The highest BCUT2D eigenvalue weighted by Gasteiger charge is 2.54. The molecule has 0 N–H and O–H groups in total. The molecule has 1 aromatic rings. The molecule has 0 amide bonds. The summed E-state index contributed by atoms with van der Waals surface area (Å²) < 4.78 is 27.5. The van der Waals surface area contributed by atoms with Crippen molar-refractivity contribution >= 4 is 0 Å². The van der Waals surface area contributed by atoms with Gasteiger partial charge in [0.15, 0.2) is 0 Å². The van der Waals surface area contributed by atoms with Crippen molar-refractivity contribution in [2.24, 2.45) is 35.5 Å². The van der Waals surface area contributed by atoms with E-state index in [1.165, 1.54) is 44.7 Å². The predicted octanol–water partition coefficient (Wildman–Crippen LogP) is 5.31. The average Bonchev–Trinajstić information content (AvgIpc) is 2.62. The van der Waals surface area contributed by atoms with E-state index >= 15 is 0 Å². The zero-order valence-electron chi connectivity index (χ0n) is 17.1. The summed E-state index contributed by atoms with van der Waals surface area (Å²) in [5, 5.41) is 0. The lowest BCUT2D eigenvalue weighted by Gasteiger charge is -2.56. The molecule has 1 aromatic heterocycles. The molecule has 0 atom stereocenters. The van der Waals surface area contributed by atoms with Crippen molar-refractivity contribution < 1.29 is 13.9 Å². The van der Waals surface area contributed by atoms with Crippen molar-refractivity contribution in [3.05, 3.63) is 12.0 Å². The lowest BCUT2D eigenvalue weighted by molar-refractivity contribution is -0.116. The highest BCUT2D eigenvalue weighted by Crippen LogP contribution is 2.58. The molecule has 0 radical (unpaired) electrons. The first-order valence-electron chi connectivity index (χ1n) is 11.9. The molecule has 0 aliphatic heterocycles. The van der Waals surface area contributed by atoms with Gasteiger partial charge in [0.1, 0.15) is 11.2 Å². The molecule has 0 saturated heterocycles. The molecule has 8 bridgehead atoms. The number of hydrogen-bond acceptors (Lipinski definition) is 4.